The maximum absolute atomic E-state index is 13.2. The zero-order valence-electron chi connectivity index (χ0n) is 16.6. The molecule has 0 fully saturated rings. The third-order valence-corrected chi connectivity index (χ3v) is 4.24. The smallest absolute Gasteiger partial charge is 0.224 e. The van der Waals surface area contributed by atoms with Crippen LogP contribution >= 0.6 is 0 Å². The van der Waals surface area contributed by atoms with Crippen LogP contribution in [0.4, 0.5) is 4.39 Å². The van der Waals surface area contributed by atoms with Crippen molar-refractivity contribution in [2.24, 2.45) is 4.99 Å². The number of aliphatic imine (C=N–C) groups is 1. The third-order valence-electron chi connectivity index (χ3n) is 4.24. The normalized spacial score (nSPS) is 11.2. The number of carbonyl (C=O) groups excluding carboxylic acids is 1. The lowest BCUT2D eigenvalue weighted by Crippen LogP contribution is -2.41. The summed E-state index contributed by atoms with van der Waals surface area (Å²) in [5.41, 5.74) is 3.17. The zero-order chi connectivity index (χ0) is 20.2. The topological polar surface area (TPSA) is 65.5 Å². The van der Waals surface area contributed by atoms with Crippen LogP contribution in [0.5, 0.6) is 0 Å². The van der Waals surface area contributed by atoms with E-state index in [1.807, 2.05) is 19.1 Å². The summed E-state index contributed by atoms with van der Waals surface area (Å²) in [4.78, 5) is 16.6. The average molecular weight is 384 g/mol. The highest BCUT2D eigenvalue weighted by atomic mass is 19.1. The predicted octanol–water partition coefficient (Wildman–Crippen LogP) is 2.80. The number of hydrogen-bond donors (Lipinski definition) is 3. The van der Waals surface area contributed by atoms with Crippen LogP contribution in [0.25, 0.3) is 0 Å². The van der Waals surface area contributed by atoms with Crippen molar-refractivity contribution in [3.63, 3.8) is 0 Å². The maximum Gasteiger partial charge on any atom is 0.224 e. The Morgan fingerprint density at radius 3 is 2.43 bits per heavy atom. The van der Waals surface area contributed by atoms with Crippen molar-refractivity contribution in [1.82, 2.24) is 16.0 Å². The molecule has 0 heterocycles. The Bertz CT molecular complexity index is 792. The largest absolute Gasteiger partial charge is 0.357 e. The van der Waals surface area contributed by atoms with E-state index < -0.39 is 0 Å². The molecule has 0 bridgehead atoms. The SMILES string of the molecule is CCNC(=NCc1ccccc1CC)NCCNC(=O)Cc1cccc(F)c1. The predicted molar refractivity (Wildman–Crippen MR) is 112 cm³/mol. The number of aryl methyl sites for hydroxylation is 1. The quantitative estimate of drug-likeness (QED) is 0.354. The van der Waals surface area contributed by atoms with Gasteiger partial charge in [0.1, 0.15) is 5.82 Å². The molecule has 3 N–H and O–H groups in total. The van der Waals surface area contributed by atoms with E-state index in [0.717, 1.165) is 13.0 Å². The van der Waals surface area contributed by atoms with E-state index in [-0.39, 0.29) is 18.1 Å². The summed E-state index contributed by atoms with van der Waals surface area (Å²) in [6, 6.07) is 14.4. The first-order valence-electron chi connectivity index (χ1n) is 9.72. The number of amides is 1. The molecule has 150 valence electrons. The molecule has 2 aromatic carbocycles. The first-order valence-corrected chi connectivity index (χ1v) is 9.72. The summed E-state index contributed by atoms with van der Waals surface area (Å²) in [5, 5.41) is 9.26. The van der Waals surface area contributed by atoms with Gasteiger partial charge in [-0.15, -0.1) is 0 Å². The second kappa shape index (κ2) is 11.7. The van der Waals surface area contributed by atoms with Crippen LogP contribution < -0.4 is 16.0 Å². The van der Waals surface area contributed by atoms with Crippen LogP contribution in [0, 0.1) is 5.82 Å². The molecule has 0 spiro atoms. The van der Waals surface area contributed by atoms with Crippen molar-refractivity contribution in [3.8, 4) is 0 Å². The lowest BCUT2D eigenvalue weighted by molar-refractivity contribution is -0.120. The molecule has 2 rings (SSSR count). The molecule has 0 radical (unpaired) electrons. The number of carbonyl (C=O) groups is 1. The third kappa shape index (κ3) is 7.39. The molecular weight excluding hydrogens is 355 g/mol. The summed E-state index contributed by atoms with van der Waals surface area (Å²) in [6.45, 7) is 6.52. The average Bonchev–Trinajstić information content (AvgIpc) is 2.69. The highest BCUT2D eigenvalue weighted by Crippen LogP contribution is 2.10. The molecule has 0 aliphatic heterocycles. The van der Waals surface area contributed by atoms with Crippen molar-refractivity contribution >= 4 is 11.9 Å². The molecule has 0 unspecified atom stereocenters. The first kappa shape index (κ1) is 21.4. The molecule has 0 atom stereocenters. The van der Waals surface area contributed by atoms with Gasteiger partial charge in [0.15, 0.2) is 5.96 Å². The minimum atomic E-state index is -0.330. The van der Waals surface area contributed by atoms with Gasteiger partial charge >= 0.3 is 0 Å². The Balaban J connectivity index is 1.78. The van der Waals surface area contributed by atoms with E-state index >= 15 is 0 Å². The molecule has 2 aromatic rings. The number of nitrogens with zero attached hydrogens (tertiary/aromatic N) is 1. The Morgan fingerprint density at radius 1 is 0.964 bits per heavy atom. The molecule has 0 aromatic heterocycles. The second-order valence-corrected chi connectivity index (χ2v) is 6.40. The molecule has 0 saturated heterocycles. The van der Waals surface area contributed by atoms with Gasteiger partial charge in [-0.05, 0) is 42.2 Å². The van der Waals surface area contributed by atoms with Crippen molar-refractivity contribution in [2.45, 2.75) is 33.2 Å². The molecule has 5 nitrogen and oxygen atoms in total. The number of guanidine groups is 1. The lowest BCUT2D eigenvalue weighted by atomic mass is 10.1. The van der Waals surface area contributed by atoms with Crippen molar-refractivity contribution in [3.05, 3.63) is 71.0 Å². The Labute approximate surface area is 166 Å². The first-order chi connectivity index (χ1) is 13.6. The summed E-state index contributed by atoms with van der Waals surface area (Å²) < 4.78 is 13.2. The standard InChI is InChI=1S/C22H29FN4O/c1-3-18-9-5-6-10-19(18)16-27-22(24-4-2)26-13-12-25-21(28)15-17-8-7-11-20(23)14-17/h5-11,14H,3-4,12-13,15-16H2,1-2H3,(H,25,28)(H2,24,26,27). The Kier molecular flexibility index (Phi) is 8.98. The number of hydrogen-bond acceptors (Lipinski definition) is 2. The Morgan fingerprint density at radius 2 is 1.71 bits per heavy atom. The number of rotatable bonds is 9. The zero-order valence-corrected chi connectivity index (χ0v) is 16.6. The minimum Gasteiger partial charge on any atom is -0.357 e. The molecule has 0 aliphatic rings. The molecular formula is C22H29FN4O. The van der Waals surface area contributed by atoms with E-state index in [4.69, 9.17) is 0 Å². The summed E-state index contributed by atoms with van der Waals surface area (Å²) in [6.07, 6.45) is 1.15. The minimum absolute atomic E-state index is 0.133. The number of benzene rings is 2. The van der Waals surface area contributed by atoms with Crippen LogP contribution in [-0.2, 0) is 24.2 Å². The Hall–Kier alpha value is -2.89. The fourth-order valence-corrected chi connectivity index (χ4v) is 2.84. The van der Waals surface area contributed by atoms with E-state index in [1.165, 1.54) is 23.3 Å². The van der Waals surface area contributed by atoms with Crippen molar-refractivity contribution in [2.75, 3.05) is 19.6 Å². The number of halogens is 1. The van der Waals surface area contributed by atoms with Gasteiger partial charge in [-0.1, -0.05) is 43.3 Å². The molecule has 6 heteroatoms. The molecule has 1 amide bonds. The molecule has 0 aliphatic carbocycles. The van der Waals surface area contributed by atoms with Gasteiger partial charge in [0, 0.05) is 19.6 Å². The summed E-state index contributed by atoms with van der Waals surface area (Å²) in [7, 11) is 0. The molecule has 0 saturated carbocycles. The van der Waals surface area contributed by atoms with E-state index in [1.54, 1.807) is 12.1 Å². The van der Waals surface area contributed by atoms with E-state index in [0.29, 0.717) is 31.2 Å². The van der Waals surface area contributed by atoms with Gasteiger partial charge in [-0.3, -0.25) is 4.79 Å². The summed E-state index contributed by atoms with van der Waals surface area (Å²) >= 11 is 0. The van der Waals surface area contributed by atoms with Crippen molar-refractivity contribution in [1.29, 1.82) is 0 Å². The summed E-state index contributed by atoms with van der Waals surface area (Å²) in [5.74, 6) is 0.252. The van der Waals surface area contributed by atoms with Gasteiger partial charge in [0.25, 0.3) is 0 Å². The second-order valence-electron chi connectivity index (χ2n) is 6.40. The van der Waals surface area contributed by atoms with Crippen LogP contribution in [0.1, 0.15) is 30.5 Å². The monoisotopic (exact) mass is 384 g/mol. The van der Waals surface area contributed by atoms with Gasteiger partial charge in [0.2, 0.25) is 5.91 Å². The van der Waals surface area contributed by atoms with Gasteiger partial charge in [-0.2, -0.15) is 0 Å². The van der Waals surface area contributed by atoms with Gasteiger partial charge < -0.3 is 16.0 Å². The van der Waals surface area contributed by atoms with Crippen LogP contribution in [0.15, 0.2) is 53.5 Å². The van der Waals surface area contributed by atoms with Crippen molar-refractivity contribution < 1.29 is 9.18 Å². The van der Waals surface area contributed by atoms with E-state index in [2.05, 4.69) is 40.0 Å². The van der Waals surface area contributed by atoms with Crippen LogP contribution in [-0.4, -0.2) is 31.5 Å². The van der Waals surface area contributed by atoms with Gasteiger partial charge in [0.05, 0.1) is 13.0 Å². The maximum atomic E-state index is 13.2. The number of nitrogens with one attached hydrogen (secondary N) is 3. The lowest BCUT2D eigenvalue weighted by Gasteiger charge is -2.12. The van der Waals surface area contributed by atoms with Gasteiger partial charge in [-0.25, -0.2) is 9.38 Å². The highest BCUT2D eigenvalue weighted by Gasteiger charge is 2.05. The van der Waals surface area contributed by atoms with Crippen LogP contribution in [0.2, 0.25) is 0 Å². The van der Waals surface area contributed by atoms with Crippen LogP contribution in [0.3, 0.4) is 0 Å². The fourth-order valence-electron chi connectivity index (χ4n) is 2.84. The molecule has 28 heavy (non-hydrogen) atoms. The highest BCUT2D eigenvalue weighted by molar-refractivity contribution is 5.80. The van der Waals surface area contributed by atoms with E-state index in [9.17, 15) is 9.18 Å². The fraction of sp³-hybridized carbons (Fsp3) is 0.364.